The number of rotatable bonds is 1. The van der Waals surface area contributed by atoms with Gasteiger partial charge >= 0.3 is 0 Å². The number of benzene rings is 1. The normalized spacial score (nSPS) is 20.0. The van der Waals surface area contributed by atoms with Crippen molar-refractivity contribution >= 4 is 10.9 Å². The van der Waals surface area contributed by atoms with Crippen molar-refractivity contribution in [2.24, 2.45) is 0 Å². The van der Waals surface area contributed by atoms with E-state index in [1.807, 2.05) is 0 Å². The third-order valence-corrected chi connectivity index (χ3v) is 3.75. The second kappa shape index (κ2) is 3.63. The standard InChI is InChI=1S/C14H18N2/c1-9-3-5-11-12-8-10(15-2)4-6-13(12)16-14(11)7-9/h3,5,7,10,15-16H,4,6,8H2,1-2H3/t10-/m0/s1. The van der Waals surface area contributed by atoms with E-state index in [1.54, 1.807) is 0 Å². The number of nitrogens with one attached hydrogen (secondary N) is 2. The van der Waals surface area contributed by atoms with Gasteiger partial charge in [-0.2, -0.15) is 0 Å². The summed E-state index contributed by atoms with van der Waals surface area (Å²) < 4.78 is 0. The third-order valence-electron chi connectivity index (χ3n) is 3.75. The number of aromatic nitrogens is 1. The Kier molecular flexibility index (Phi) is 2.25. The molecule has 0 spiro atoms. The summed E-state index contributed by atoms with van der Waals surface area (Å²) in [6, 6.07) is 7.37. The first-order valence-corrected chi connectivity index (χ1v) is 6.05. The molecule has 0 unspecified atom stereocenters. The molecule has 2 aromatic rings. The first-order chi connectivity index (χ1) is 7.78. The van der Waals surface area contributed by atoms with Crippen LogP contribution in [0, 0.1) is 6.92 Å². The Labute approximate surface area is 96.1 Å². The molecule has 2 heteroatoms. The molecule has 1 aromatic carbocycles. The van der Waals surface area contributed by atoms with Gasteiger partial charge in [0.05, 0.1) is 0 Å². The zero-order valence-corrected chi connectivity index (χ0v) is 9.93. The van der Waals surface area contributed by atoms with Crippen LogP contribution in [-0.4, -0.2) is 18.1 Å². The molecule has 1 atom stereocenters. The van der Waals surface area contributed by atoms with Crippen molar-refractivity contribution in [1.82, 2.24) is 10.3 Å². The van der Waals surface area contributed by atoms with E-state index < -0.39 is 0 Å². The highest BCUT2D eigenvalue weighted by atomic mass is 14.9. The van der Waals surface area contributed by atoms with E-state index in [0.29, 0.717) is 6.04 Å². The maximum absolute atomic E-state index is 3.57. The summed E-state index contributed by atoms with van der Waals surface area (Å²) in [7, 11) is 2.06. The summed E-state index contributed by atoms with van der Waals surface area (Å²) in [5, 5.41) is 4.81. The van der Waals surface area contributed by atoms with Crippen LogP contribution in [-0.2, 0) is 12.8 Å². The van der Waals surface area contributed by atoms with Gasteiger partial charge in [-0.15, -0.1) is 0 Å². The van der Waals surface area contributed by atoms with E-state index >= 15 is 0 Å². The highest BCUT2D eigenvalue weighted by molar-refractivity contribution is 5.85. The molecule has 3 rings (SSSR count). The fourth-order valence-electron chi connectivity index (χ4n) is 2.79. The molecule has 2 nitrogen and oxygen atoms in total. The molecule has 16 heavy (non-hydrogen) atoms. The number of likely N-dealkylation sites (N-methyl/N-ethyl adjacent to an activating group) is 1. The van der Waals surface area contributed by atoms with Crippen molar-refractivity contribution in [3.05, 3.63) is 35.0 Å². The van der Waals surface area contributed by atoms with Crippen LogP contribution >= 0.6 is 0 Å². The maximum atomic E-state index is 3.57. The van der Waals surface area contributed by atoms with Crippen molar-refractivity contribution in [1.29, 1.82) is 0 Å². The Morgan fingerprint density at radius 1 is 1.38 bits per heavy atom. The van der Waals surface area contributed by atoms with Crippen LogP contribution in [0.15, 0.2) is 18.2 Å². The number of aromatic amines is 1. The molecular formula is C14H18N2. The van der Waals surface area contributed by atoms with Gasteiger partial charge in [0, 0.05) is 22.6 Å². The molecule has 0 radical (unpaired) electrons. The summed E-state index contributed by atoms with van der Waals surface area (Å²) in [6.45, 7) is 2.15. The van der Waals surface area contributed by atoms with E-state index in [-0.39, 0.29) is 0 Å². The number of aryl methyl sites for hydroxylation is 2. The van der Waals surface area contributed by atoms with Crippen LogP contribution in [0.5, 0.6) is 0 Å². The Morgan fingerprint density at radius 3 is 3.06 bits per heavy atom. The number of hydrogen-bond acceptors (Lipinski definition) is 1. The smallest absolute Gasteiger partial charge is 0.0461 e. The van der Waals surface area contributed by atoms with Gasteiger partial charge in [0.15, 0.2) is 0 Å². The third kappa shape index (κ3) is 1.45. The molecule has 0 fully saturated rings. The van der Waals surface area contributed by atoms with Crippen molar-refractivity contribution < 1.29 is 0 Å². The molecule has 84 valence electrons. The van der Waals surface area contributed by atoms with Gasteiger partial charge in [-0.3, -0.25) is 0 Å². The lowest BCUT2D eigenvalue weighted by molar-refractivity contribution is 0.495. The van der Waals surface area contributed by atoms with Crippen LogP contribution in [0.2, 0.25) is 0 Å². The monoisotopic (exact) mass is 214 g/mol. The van der Waals surface area contributed by atoms with Crippen molar-refractivity contribution in [3.63, 3.8) is 0 Å². The molecule has 0 aliphatic heterocycles. The second-order valence-corrected chi connectivity index (χ2v) is 4.86. The average Bonchev–Trinajstić information content (AvgIpc) is 2.65. The zero-order chi connectivity index (χ0) is 11.1. The molecule has 1 aromatic heterocycles. The topological polar surface area (TPSA) is 27.8 Å². The van der Waals surface area contributed by atoms with Crippen LogP contribution in [0.4, 0.5) is 0 Å². The molecular weight excluding hydrogens is 196 g/mol. The molecule has 0 saturated heterocycles. The fraction of sp³-hybridized carbons (Fsp3) is 0.429. The molecule has 0 amide bonds. The Bertz CT molecular complexity index is 525. The Hall–Kier alpha value is -1.28. The molecule has 1 heterocycles. The second-order valence-electron chi connectivity index (χ2n) is 4.86. The Morgan fingerprint density at radius 2 is 2.25 bits per heavy atom. The lowest BCUT2D eigenvalue weighted by atomic mass is 9.91. The first-order valence-electron chi connectivity index (χ1n) is 6.05. The average molecular weight is 214 g/mol. The van der Waals surface area contributed by atoms with Crippen molar-refractivity contribution in [2.45, 2.75) is 32.2 Å². The maximum Gasteiger partial charge on any atom is 0.0461 e. The summed E-state index contributed by atoms with van der Waals surface area (Å²) in [5.41, 5.74) is 5.62. The van der Waals surface area contributed by atoms with Gasteiger partial charge in [0.2, 0.25) is 0 Å². The van der Waals surface area contributed by atoms with Crippen LogP contribution in [0.25, 0.3) is 10.9 Å². The van der Waals surface area contributed by atoms with Gasteiger partial charge in [0.1, 0.15) is 0 Å². The van der Waals surface area contributed by atoms with E-state index in [0.717, 1.165) is 6.42 Å². The van der Waals surface area contributed by atoms with E-state index in [2.05, 4.69) is 42.5 Å². The molecule has 1 aliphatic carbocycles. The van der Waals surface area contributed by atoms with Crippen LogP contribution in [0.1, 0.15) is 23.2 Å². The zero-order valence-electron chi connectivity index (χ0n) is 9.93. The molecule has 0 saturated carbocycles. The summed E-state index contributed by atoms with van der Waals surface area (Å²) in [5.74, 6) is 0. The first kappa shape index (κ1) is 9.91. The SMILES string of the molecule is CN[C@H]1CCc2[nH]c3cc(C)ccc3c2C1. The van der Waals surface area contributed by atoms with Crippen LogP contribution < -0.4 is 5.32 Å². The lowest BCUT2D eigenvalue weighted by Crippen LogP contribution is -2.31. The minimum atomic E-state index is 0.646. The van der Waals surface area contributed by atoms with Gasteiger partial charge in [-0.25, -0.2) is 0 Å². The number of hydrogen-bond donors (Lipinski definition) is 2. The minimum Gasteiger partial charge on any atom is -0.358 e. The number of fused-ring (bicyclic) bond motifs is 3. The van der Waals surface area contributed by atoms with E-state index in [1.165, 1.54) is 40.6 Å². The van der Waals surface area contributed by atoms with Crippen molar-refractivity contribution in [3.8, 4) is 0 Å². The quantitative estimate of drug-likeness (QED) is 0.750. The Balaban J connectivity index is 2.14. The molecule has 2 N–H and O–H groups in total. The van der Waals surface area contributed by atoms with Crippen molar-refractivity contribution in [2.75, 3.05) is 7.05 Å². The van der Waals surface area contributed by atoms with Crippen LogP contribution in [0.3, 0.4) is 0 Å². The minimum absolute atomic E-state index is 0.646. The number of H-pyrrole nitrogens is 1. The van der Waals surface area contributed by atoms with Gasteiger partial charge < -0.3 is 10.3 Å². The highest BCUT2D eigenvalue weighted by Gasteiger charge is 2.20. The van der Waals surface area contributed by atoms with E-state index in [4.69, 9.17) is 0 Å². The molecule has 0 bridgehead atoms. The predicted octanol–water partition coefficient (Wildman–Crippen LogP) is 2.55. The summed E-state index contributed by atoms with van der Waals surface area (Å²) in [6.07, 6.45) is 3.58. The summed E-state index contributed by atoms with van der Waals surface area (Å²) in [4.78, 5) is 3.57. The van der Waals surface area contributed by atoms with Gasteiger partial charge in [-0.1, -0.05) is 12.1 Å². The largest absolute Gasteiger partial charge is 0.358 e. The van der Waals surface area contributed by atoms with Gasteiger partial charge in [-0.05, 0) is 50.4 Å². The van der Waals surface area contributed by atoms with E-state index in [9.17, 15) is 0 Å². The predicted molar refractivity (Wildman–Crippen MR) is 67.9 cm³/mol. The lowest BCUT2D eigenvalue weighted by Gasteiger charge is -2.21. The summed E-state index contributed by atoms with van der Waals surface area (Å²) >= 11 is 0. The molecule has 1 aliphatic rings. The fourth-order valence-corrected chi connectivity index (χ4v) is 2.79. The van der Waals surface area contributed by atoms with Gasteiger partial charge in [0.25, 0.3) is 0 Å². The highest BCUT2D eigenvalue weighted by Crippen LogP contribution is 2.29.